The fraction of sp³-hybridized carbons (Fsp3) is 0.600. The number of rotatable bonds is 5. The average molecular weight is 345 g/mol. The van der Waals surface area contributed by atoms with Gasteiger partial charge in [-0.1, -0.05) is 0 Å². The van der Waals surface area contributed by atoms with E-state index in [1.165, 1.54) is 11.1 Å². The molecule has 1 fully saturated rings. The van der Waals surface area contributed by atoms with Crippen LogP contribution in [-0.4, -0.2) is 74.8 Å². The molecule has 2 N–H and O–H groups in total. The highest BCUT2D eigenvalue weighted by Crippen LogP contribution is 2.24. The fourth-order valence-corrected chi connectivity index (χ4v) is 2.52. The van der Waals surface area contributed by atoms with E-state index in [0.717, 1.165) is 0 Å². The Labute approximate surface area is 139 Å². The minimum atomic E-state index is -4.39. The van der Waals surface area contributed by atoms with E-state index in [1.807, 2.05) is 14.1 Å². The van der Waals surface area contributed by atoms with Gasteiger partial charge in [-0.2, -0.15) is 13.2 Å². The summed E-state index contributed by atoms with van der Waals surface area (Å²) in [6, 6.07) is 1.51. The summed E-state index contributed by atoms with van der Waals surface area (Å²) in [7, 11) is 3.62. The summed E-state index contributed by atoms with van der Waals surface area (Å²) in [6.45, 7) is 1.16. The molecule has 1 aliphatic heterocycles. The van der Waals surface area contributed by atoms with Crippen LogP contribution in [0.15, 0.2) is 18.3 Å². The van der Waals surface area contributed by atoms with Crippen molar-refractivity contribution in [1.82, 2.24) is 20.5 Å². The van der Waals surface area contributed by atoms with Crippen molar-refractivity contribution in [1.29, 1.82) is 0 Å². The number of pyridine rings is 1. The van der Waals surface area contributed by atoms with Crippen molar-refractivity contribution in [3.05, 3.63) is 23.9 Å². The molecule has 0 spiro atoms. The molecule has 0 bridgehead atoms. The van der Waals surface area contributed by atoms with Gasteiger partial charge in [-0.15, -0.1) is 0 Å². The second-order valence-electron chi connectivity index (χ2n) is 5.85. The number of aromatic nitrogens is 1. The average Bonchev–Trinajstić information content (AvgIpc) is 2.54. The number of alkyl halides is 3. The van der Waals surface area contributed by atoms with Crippen LogP contribution in [0.1, 0.15) is 10.4 Å². The Hall–Kier alpha value is -1.87. The number of nitrogens with zero attached hydrogens (tertiary/aromatic N) is 3. The van der Waals surface area contributed by atoms with Crippen molar-refractivity contribution < 1.29 is 18.0 Å². The molecule has 0 saturated carbocycles. The second kappa shape index (κ2) is 7.80. The van der Waals surface area contributed by atoms with Crippen LogP contribution in [0.5, 0.6) is 0 Å². The quantitative estimate of drug-likeness (QED) is 0.823. The smallest absolute Gasteiger partial charge is 0.363 e. The number of carbonyl (C=O) groups excluding carboxylic acids is 1. The summed E-state index contributed by atoms with van der Waals surface area (Å²) in [4.78, 5) is 19.3. The fourth-order valence-electron chi connectivity index (χ4n) is 2.52. The SMILES string of the molecule is CN(C)c1ccc(C(=O)NCC(N2CCNCC2)C(F)(F)F)cn1. The van der Waals surface area contributed by atoms with Gasteiger partial charge < -0.3 is 15.5 Å². The molecule has 1 saturated heterocycles. The van der Waals surface area contributed by atoms with Crippen LogP contribution >= 0.6 is 0 Å². The number of halogens is 3. The van der Waals surface area contributed by atoms with E-state index in [0.29, 0.717) is 32.0 Å². The number of piperazine rings is 1. The third-order valence-corrected chi connectivity index (χ3v) is 3.89. The van der Waals surface area contributed by atoms with E-state index in [-0.39, 0.29) is 5.56 Å². The van der Waals surface area contributed by atoms with Gasteiger partial charge in [0.15, 0.2) is 0 Å². The zero-order valence-electron chi connectivity index (χ0n) is 13.7. The lowest BCUT2D eigenvalue weighted by Crippen LogP contribution is -2.57. The third-order valence-electron chi connectivity index (χ3n) is 3.89. The van der Waals surface area contributed by atoms with Crippen molar-refractivity contribution in [2.24, 2.45) is 0 Å². The van der Waals surface area contributed by atoms with Crippen LogP contribution in [0.25, 0.3) is 0 Å². The van der Waals surface area contributed by atoms with Crippen LogP contribution in [-0.2, 0) is 0 Å². The van der Waals surface area contributed by atoms with Gasteiger partial charge in [-0.3, -0.25) is 9.69 Å². The number of nitrogens with one attached hydrogen (secondary N) is 2. The summed E-state index contributed by atoms with van der Waals surface area (Å²) >= 11 is 0. The number of carbonyl (C=O) groups is 1. The second-order valence-corrected chi connectivity index (χ2v) is 5.85. The molecule has 0 aromatic carbocycles. The molecule has 1 aliphatic rings. The van der Waals surface area contributed by atoms with Gasteiger partial charge in [0.1, 0.15) is 11.9 Å². The highest BCUT2D eigenvalue weighted by atomic mass is 19.4. The first-order chi connectivity index (χ1) is 11.3. The zero-order valence-corrected chi connectivity index (χ0v) is 13.7. The van der Waals surface area contributed by atoms with Crippen molar-refractivity contribution in [2.45, 2.75) is 12.2 Å². The van der Waals surface area contributed by atoms with E-state index < -0.39 is 24.7 Å². The molecule has 2 rings (SSSR count). The molecule has 9 heteroatoms. The summed E-state index contributed by atoms with van der Waals surface area (Å²) in [6.07, 6.45) is -3.03. The number of amides is 1. The molecule has 0 aliphatic carbocycles. The van der Waals surface area contributed by atoms with E-state index in [4.69, 9.17) is 0 Å². The molecule has 134 valence electrons. The summed E-state index contributed by atoms with van der Waals surface area (Å²) in [5.41, 5.74) is 0.238. The Bertz CT molecular complexity index is 541. The van der Waals surface area contributed by atoms with Crippen molar-refractivity contribution in [3.8, 4) is 0 Å². The minimum Gasteiger partial charge on any atom is -0.363 e. The van der Waals surface area contributed by atoms with Crippen LogP contribution in [0.2, 0.25) is 0 Å². The minimum absolute atomic E-state index is 0.238. The summed E-state index contributed by atoms with van der Waals surface area (Å²) in [5, 5.41) is 5.39. The molecule has 1 aromatic heterocycles. The van der Waals surface area contributed by atoms with Crippen molar-refractivity contribution >= 4 is 11.7 Å². The molecule has 1 atom stereocenters. The van der Waals surface area contributed by atoms with E-state index in [2.05, 4.69) is 15.6 Å². The monoisotopic (exact) mass is 345 g/mol. The largest absolute Gasteiger partial charge is 0.405 e. The molecule has 1 aromatic rings. The molecule has 1 unspecified atom stereocenters. The zero-order chi connectivity index (χ0) is 17.7. The van der Waals surface area contributed by atoms with Crippen LogP contribution in [0, 0.1) is 0 Å². The number of anilines is 1. The first kappa shape index (κ1) is 18.5. The van der Waals surface area contributed by atoms with Gasteiger partial charge in [-0.05, 0) is 12.1 Å². The van der Waals surface area contributed by atoms with Crippen LogP contribution < -0.4 is 15.5 Å². The van der Waals surface area contributed by atoms with E-state index in [9.17, 15) is 18.0 Å². The maximum absolute atomic E-state index is 13.3. The van der Waals surface area contributed by atoms with Gasteiger partial charge in [0.25, 0.3) is 5.91 Å². The Kier molecular flexibility index (Phi) is 6.00. The molecular weight excluding hydrogens is 323 g/mol. The Balaban J connectivity index is 1.98. The van der Waals surface area contributed by atoms with Gasteiger partial charge in [-0.25, -0.2) is 4.98 Å². The molecule has 6 nitrogen and oxygen atoms in total. The molecule has 1 amide bonds. The normalized spacial score (nSPS) is 17.4. The summed E-state index contributed by atoms with van der Waals surface area (Å²) < 4.78 is 39.8. The van der Waals surface area contributed by atoms with Crippen LogP contribution in [0.4, 0.5) is 19.0 Å². The topological polar surface area (TPSA) is 60.5 Å². The Morgan fingerprint density at radius 2 is 2.04 bits per heavy atom. The van der Waals surface area contributed by atoms with Crippen LogP contribution in [0.3, 0.4) is 0 Å². The molecule has 2 heterocycles. The number of hydrogen-bond acceptors (Lipinski definition) is 5. The van der Waals surface area contributed by atoms with Gasteiger partial charge in [0.2, 0.25) is 0 Å². The van der Waals surface area contributed by atoms with Crippen molar-refractivity contribution in [3.63, 3.8) is 0 Å². The van der Waals surface area contributed by atoms with Gasteiger partial charge in [0, 0.05) is 53.0 Å². The Morgan fingerprint density at radius 1 is 1.38 bits per heavy atom. The predicted octanol–water partition coefficient (Wildman–Crippen LogP) is 0.713. The first-order valence-corrected chi connectivity index (χ1v) is 7.72. The van der Waals surface area contributed by atoms with Gasteiger partial charge >= 0.3 is 6.18 Å². The highest BCUT2D eigenvalue weighted by Gasteiger charge is 2.43. The highest BCUT2D eigenvalue weighted by molar-refractivity contribution is 5.94. The summed E-state index contributed by atoms with van der Waals surface area (Å²) in [5.74, 6) is 0.109. The lowest BCUT2D eigenvalue weighted by Gasteiger charge is -2.35. The third kappa shape index (κ3) is 4.81. The molecule has 24 heavy (non-hydrogen) atoms. The maximum Gasteiger partial charge on any atom is 0.405 e. The molecular formula is C15H22F3N5O. The predicted molar refractivity (Wildman–Crippen MR) is 85.2 cm³/mol. The Morgan fingerprint density at radius 3 is 2.54 bits per heavy atom. The lowest BCUT2D eigenvalue weighted by atomic mass is 10.2. The van der Waals surface area contributed by atoms with E-state index >= 15 is 0 Å². The first-order valence-electron chi connectivity index (χ1n) is 7.72. The van der Waals surface area contributed by atoms with E-state index in [1.54, 1.807) is 17.0 Å². The lowest BCUT2D eigenvalue weighted by molar-refractivity contribution is -0.183. The maximum atomic E-state index is 13.3. The van der Waals surface area contributed by atoms with Gasteiger partial charge in [0.05, 0.1) is 5.56 Å². The molecule has 0 radical (unpaired) electrons. The van der Waals surface area contributed by atoms with Crippen molar-refractivity contribution in [2.75, 3.05) is 51.7 Å². The number of hydrogen-bond donors (Lipinski definition) is 2. The standard InChI is InChI=1S/C15H22F3N5O/c1-22(2)13-4-3-11(9-20-13)14(24)21-10-12(15(16,17)18)23-7-5-19-6-8-23/h3-4,9,12,19H,5-8,10H2,1-2H3,(H,21,24).